The molecule has 1 aromatic heterocycles. The van der Waals surface area contributed by atoms with E-state index in [1.807, 2.05) is 0 Å². The minimum atomic E-state index is -3.44. The van der Waals surface area contributed by atoms with Gasteiger partial charge in [0.25, 0.3) is 5.91 Å². The van der Waals surface area contributed by atoms with Gasteiger partial charge >= 0.3 is 0 Å². The summed E-state index contributed by atoms with van der Waals surface area (Å²) in [6.07, 6.45) is 1.07. The van der Waals surface area contributed by atoms with Gasteiger partial charge in [0.05, 0.1) is 38.8 Å². The molecule has 3 aromatic rings. The molecule has 0 aliphatic carbocycles. The number of sulfonamides is 1. The topological polar surface area (TPSA) is 119 Å². The number of anilines is 2. The number of amides is 1. The van der Waals surface area contributed by atoms with Crippen molar-refractivity contribution in [2.75, 3.05) is 37.6 Å². The Balaban J connectivity index is 1.97. The van der Waals surface area contributed by atoms with E-state index >= 15 is 0 Å². The summed E-state index contributed by atoms with van der Waals surface area (Å²) in [5.41, 5.74) is 2.38. The largest absolute Gasteiger partial charge is 0.496 e. The smallest absolute Gasteiger partial charge is 0.272 e. The summed E-state index contributed by atoms with van der Waals surface area (Å²) in [4.78, 5) is 15.9. The second-order valence-corrected chi connectivity index (χ2v) is 8.39. The van der Waals surface area contributed by atoms with Gasteiger partial charge in [-0.05, 0) is 30.7 Å². The fourth-order valence-corrected chi connectivity index (χ4v) is 3.69. The molecule has 30 heavy (non-hydrogen) atoms. The lowest BCUT2D eigenvalue weighted by Gasteiger charge is -2.11. The van der Waals surface area contributed by atoms with E-state index in [0.717, 1.165) is 11.8 Å². The van der Waals surface area contributed by atoms with Crippen LogP contribution in [0.4, 0.5) is 11.4 Å². The van der Waals surface area contributed by atoms with E-state index in [-0.39, 0.29) is 5.69 Å². The van der Waals surface area contributed by atoms with Gasteiger partial charge in [-0.2, -0.15) is 0 Å². The van der Waals surface area contributed by atoms with Crippen molar-refractivity contribution in [2.24, 2.45) is 0 Å². The summed E-state index contributed by atoms with van der Waals surface area (Å²) in [5.74, 6) is 1.02. The normalized spacial score (nSPS) is 11.2. The van der Waals surface area contributed by atoms with Crippen LogP contribution in [-0.4, -0.2) is 46.9 Å². The number of benzene rings is 2. The number of H-pyrrole nitrogens is 1. The number of rotatable bonds is 7. The molecule has 3 N–H and O–H groups in total. The van der Waals surface area contributed by atoms with Crippen LogP contribution in [0.2, 0.25) is 0 Å². The maximum Gasteiger partial charge on any atom is 0.272 e. The predicted octanol–water partition coefficient (Wildman–Crippen LogP) is 3.13. The molecule has 0 aliphatic rings. The highest BCUT2D eigenvalue weighted by Gasteiger charge is 2.20. The first-order valence-corrected chi connectivity index (χ1v) is 10.8. The first-order chi connectivity index (χ1) is 14.2. The van der Waals surface area contributed by atoms with Crippen molar-refractivity contribution in [3.05, 3.63) is 41.6 Å². The fraction of sp³-hybridized carbons (Fsp3) is 0.250. The van der Waals surface area contributed by atoms with E-state index in [1.165, 1.54) is 21.3 Å². The lowest BCUT2D eigenvalue weighted by molar-refractivity contribution is 0.102. The molecule has 3 rings (SSSR count). The highest BCUT2D eigenvalue weighted by Crippen LogP contribution is 2.41. The number of carbonyl (C=O) groups is 1. The van der Waals surface area contributed by atoms with Crippen LogP contribution in [0.3, 0.4) is 0 Å². The van der Waals surface area contributed by atoms with Crippen molar-refractivity contribution in [3.63, 3.8) is 0 Å². The number of hydrogen-bond acceptors (Lipinski definition) is 6. The van der Waals surface area contributed by atoms with Crippen molar-refractivity contribution in [2.45, 2.75) is 6.92 Å². The first-order valence-electron chi connectivity index (χ1n) is 8.88. The number of aromatic amines is 1. The number of aryl methyl sites for hydroxylation is 1. The minimum absolute atomic E-state index is 0.271. The van der Waals surface area contributed by atoms with E-state index in [4.69, 9.17) is 14.2 Å². The zero-order chi connectivity index (χ0) is 22.1. The predicted molar refractivity (Wildman–Crippen MR) is 116 cm³/mol. The molecular formula is C20H23N3O6S. The number of nitrogens with one attached hydrogen (secondary N) is 3. The molecule has 0 radical (unpaired) electrons. The number of methoxy groups -OCH3 is 3. The van der Waals surface area contributed by atoms with Crippen LogP contribution < -0.4 is 24.2 Å². The first kappa shape index (κ1) is 21.3. The molecule has 1 heterocycles. The van der Waals surface area contributed by atoms with E-state index in [0.29, 0.717) is 39.5 Å². The van der Waals surface area contributed by atoms with Crippen LogP contribution in [0.5, 0.6) is 17.2 Å². The van der Waals surface area contributed by atoms with Crippen molar-refractivity contribution in [1.82, 2.24) is 4.98 Å². The molecule has 1 amide bonds. The number of hydrogen-bond donors (Lipinski definition) is 3. The third kappa shape index (κ3) is 4.28. The third-order valence-corrected chi connectivity index (χ3v) is 5.07. The van der Waals surface area contributed by atoms with Gasteiger partial charge in [0.2, 0.25) is 10.0 Å². The van der Waals surface area contributed by atoms with Gasteiger partial charge in [0.15, 0.2) is 11.5 Å². The van der Waals surface area contributed by atoms with E-state index in [2.05, 4.69) is 15.0 Å². The standard InChI is InChI=1S/C20H23N3O6S/c1-11-6-7-12(8-14(11)23-30(5,25)26)21-20(24)15-9-13-16(27-2)10-17(28-3)19(29-4)18(13)22-15/h6-10,22-23H,1-5H3,(H,21,24). The molecule has 0 atom stereocenters. The molecule has 160 valence electrons. The molecule has 0 aliphatic heterocycles. The number of fused-ring (bicyclic) bond motifs is 1. The maximum atomic E-state index is 12.8. The van der Waals surface area contributed by atoms with Crippen molar-refractivity contribution < 1.29 is 27.4 Å². The van der Waals surface area contributed by atoms with E-state index in [1.54, 1.807) is 37.3 Å². The summed E-state index contributed by atoms with van der Waals surface area (Å²) in [5, 5.41) is 3.41. The van der Waals surface area contributed by atoms with Crippen LogP contribution in [0, 0.1) is 6.92 Å². The molecule has 0 fully saturated rings. The number of ether oxygens (including phenoxy) is 3. The zero-order valence-electron chi connectivity index (χ0n) is 17.2. The highest BCUT2D eigenvalue weighted by molar-refractivity contribution is 7.92. The molecule has 0 spiro atoms. The molecule has 9 nitrogen and oxygen atoms in total. The fourth-order valence-electron chi connectivity index (χ4n) is 3.07. The summed E-state index contributed by atoms with van der Waals surface area (Å²) < 4.78 is 41.7. The van der Waals surface area contributed by atoms with Gasteiger partial charge in [-0.25, -0.2) is 8.42 Å². The number of carbonyl (C=O) groups excluding carboxylic acids is 1. The molecular weight excluding hydrogens is 410 g/mol. The summed E-state index contributed by atoms with van der Waals surface area (Å²) >= 11 is 0. The average Bonchev–Trinajstić information content (AvgIpc) is 3.13. The SMILES string of the molecule is COc1cc(OC)c2cc(C(=O)Nc3ccc(C)c(NS(C)(=O)=O)c3)[nH]c2c1OC. The van der Waals surface area contributed by atoms with Gasteiger partial charge in [-0.3, -0.25) is 9.52 Å². The highest BCUT2D eigenvalue weighted by atomic mass is 32.2. The van der Waals surface area contributed by atoms with Crippen LogP contribution in [-0.2, 0) is 10.0 Å². The lowest BCUT2D eigenvalue weighted by atomic mass is 10.2. The average molecular weight is 433 g/mol. The minimum Gasteiger partial charge on any atom is -0.496 e. The Morgan fingerprint density at radius 1 is 1.00 bits per heavy atom. The van der Waals surface area contributed by atoms with Crippen molar-refractivity contribution >= 4 is 38.2 Å². The zero-order valence-corrected chi connectivity index (χ0v) is 18.1. The van der Waals surface area contributed by atoms with Crippen LogP contribution in [0.1, 0.15) is 16.1 Å². The van der Waals surface area contributed by atoms with Crippen LogP contribution >= 0.6 is 0 Å². The Kier molecular flexibility index (Phi) is 5.79. The lowest BCUT2D eigenvalue weighted by Crippen LogP contribution is -2.14. The van der Waals surface area contributed by atoms with Crippen molar-refractivity contribution in [1.29, 1.82) is 0 Å². The molecule has 0 saturated carbocycles. The maximum absolute atomic E-state index is 12.8. The Hall–Kier alpha value is -3.40. The number of aromatic nitrogens is 1. The monoisotopic (exact) mass is 433 g/mol. The van der Waals surface area contributed by atoms with E-state index in [9.17, 15) is 13.2 Å². The van der Waals surface area contributed by atoms with Gasteiger partial charge in [0.1, 0.15) is 11.4 Å². The second kappa shape index (κ2) is 8.15. The molecule has 0 unspecified atom stereocenters. The molecule has 0 saturated heterocycles. The van der Waals surface area contributed by atoms with Crippen molar-refractivity contribution in [3.8, 4) is 17.2 Å². The Morgan fingerprint density at radius 2 is 1.70 bits per heavy atom. The summed E-state index contributed by atoms with van der Waals surface area (Å²) in [6.45, 7) is 1.77. The summed E-state index contributed by atoms with van der Waals surface area (Å²) in [7, 11) is 1.10. The quantitative estimate of drug-likeness (QED) is 0.527. The molecule has 2 aromatic carbocycles. The van der Waals surface area contributed by atoms with Gasteiger partial charge in [0, 0.05) is 17.1 Å². The second-order valence-electron chi connectivity index (χ2n) is 6.64. The Bertz CT molecular complexity index is 1220. The Morgan fingerprint density at radius 3 is 2.30 bits per heavy atom. The molecule has 10 heteroatoms. The Labute approximate surface area is 174 Å². The van der Waals surface area contributed by atoms with Crippen LogP contribution in [0.25, 0.3) is 10.9 Å². The van der Waals surface area contributed by atoms with E-state index < -0.39 is 15.9 Å². The summed E-state index contributed by atoms with van der Waals surface area (Å²) in [6, 6.07) is 8.29. The van der Waals surface area contributed by atoms with Gasteiger partial charge < -0.3 is 24.5 Å². The van der Waals surface area contributed by atoms with Gasteiger partial charge in [-0.15, -0.1) is 0 Å². The third-order valence-electron chi connectivity index (χ3n) is 4.48. The van der Waals surface area contributed by atoms with Gasteiger partial charge in [-0.1, -0.05) is 6.07 Å². The van der Waals surface area contributed by atoms with Crippen LogP contribution in [0.15, 0.2) is 30.3 Å². The molecule has 0 bridgehead atoms.